The normalized spacial score (nSPS) is 25.2. The number of fused-ring (bicyclic) bond motifs is 1. The number of alkyl halides is 1. The minimum atomic E-state index is -1.57. The molecule has 29 heavy (non-hydrogen) atoms. The second kappa shape index (κ2) is 5.65. The highest BCUT2D eigenvalue weighted by Gasteiger charge is 2.51. The molecule has 5 N–H and O–H groups in total. The van der Waals surface area contributed by atoms with Crippen molar-refractivity contribution in [2.75, 3.05) is 23.7 Å². The number of pyridine rings is 1. The molecule has 0 spiro atoms. The Morgan fingerprint density at radius 1 is 1.24 bits per heavy atom. The van der Waals surface area contributed by atoms with Crippen molar-refractivity contribution < 1.29 is 23.1 Å². The van der Waals surface area contributed by atoms with Crippen molar-refractivity contribution in [1.29, 1.82) is 0 Å². The third-order valence-corrected chi connectivity index (χ3v) is 6.47. The Bertz CT molecular complexity index is 1140. The molecule has 154 valence electrons. The number of benzene rings is 1. The van der Waals surface area contributed by atoms with Gasteiger partial charge < -0.3 is 26.0 Å². The van der Waals surface area contributed by atoms with E-state index in [0.29, 0.717) is 13.1 Å². The molecule has 1 aromatic heterocycles. The van der Waals surface area contributed by atoms with Crippen LogP contribution in [0.2, 0.25) is 0 Å². The Labute approximate surface area is 162 Å². The molecular formula is C19H19F3N4O3. The van der Waals surface area contributed by atoms with E-state index in [9.17, 15) is 19.1 Å². The molecule has 1 aliphatic heterocycles. The molecule has 2 saturated carbocycles. The van der Waals surface area contributed by atoms with Crippen LogP contribution in [0.25, 0.3) is 10.9 Å². The molecule has 2 heterocycles. The Morgan fingerprint density at radius 3 is 2.38 bits per heavy atom. The van der Waals surface area contributed by atoms with Crippen molar-refractivity contribution in [2.45, 2.75) is 37.0 Å². The molecule has 3 aliphatic rings. The molecule has 2 aromatic rings. The van der Waals surface area contributed by atoms with E-state index in [1.807, 2.05) is 0 Å². The largest absolute Gasteiger partial charge is 0.477 e. The fraction of sp³-hybridized carbons (Fsp3) is 0.474. The molecule has 2 atom stereocenters. The Hall–Kier alpha value is -2.75. The van der Waals surface area contributed by atoms with Crippen LogP contribution in [-0.4, -0.2) is 40.4 Å². The zero-order chi connectivity index (χ0) is 20.8. The van der Waals surface area contributed by atoms with Crippen LogP contribution in [0.15, 0.2) is 11.0 Å². The number of anilines is 2. The summed E-state index contributed by atoms with van der Waals surface area (Å²) >= 11 is 0. The summed E-state index contributed by atoms with van der Waals surface area (Å²) in [5, 5.41) is 8.72. The lowest BCUT2D eigenvalue weighted by molar-refractivity contribution is 0.0694. The SMILES string of the molecule is Nc1c(F)c(N2CC(C3(N)CC3)C2)c(F)c2c1c(=O)c(C(=O)O)cn2[C@@H]1C[C@@H]1F. The maximum Gasteiger partial charge on any atom is 0.341 e. The van der Waals surface area contributed by atoms with E-state index < -0.39 is 51.9 Å². The first-order valence-corrected chi connectivity index (χ1v) is 9.40. The summed E-state index contributed by atoms with van der Waals surface area (Å²) < 4.78 is 45.4. The fourth-order valence-electron chi connectivity index (χ4n) is 4.26. The molecule has 2 aliphatic carbocycles. The first-order valence-electron chi connectivity index (χ1n) is 9.40. The number of carbonyl (C=O) groups is 1. The van der Waals surface area contributed by atoms with Gasteiger partial charge in [-0.15, -0.1) is 0 Å². The number of nitrogens with zero attached hydrogens (tertiary/aromatic N) is 2. The average molecular weight is 408 g/mol. The number of hydrogen-bond donors (Lipinski definition) is 3. The van der Waals surface area contributed by atoms with E-state index in [0.717, 1.165) is 23.6 Å². The van der Waals surface area contributed by atoms with Gasteiger partial charge in [-0.25, -0.2) is 18.0 Å². The van der Waals surface area contributed by atoms with E-state index in [-0.39, 0.29) is 29.1 Å². The van der Waals surface area contributed by atoms with Gasteiger partial charge >= 0.3 is 5.97 Å². The molecule has 0 amide bonds. The van der Waals surface area contributed by atoms with Crippen molar-refractivity contribution in [2.24, 2.45) is 11.7 Å². The fourth-order valence-corrected chi connectivity index (χ4v) is 4.26. The van der Waals surface area contributed by atoms with E-state index in [2.05, 4.69) is 0 Å². The van der Waals surface area contributed by atoms with Gasteiger partial charge in [0.05, 0.1) is 22.6 Å². The van der Waals surface area contributed by atoms with Gasteiger partial charge in [-0.2, -0.15) is 0 Å². The average Bonchev–Trinajstić information content (AvgIpc) is 3.53. The summed E-state index contributed by atoms with van der Waals surface area (Å²) in [5.74, 6) is -3.63. The number of carboxylic acids is 1. The van der Waals surface area contributed by atoms with Gasteiger partial charge in [0, 0.05) is 37.2 Å². The highest BCUT2D eigenvalue weighted by atomic mass is 19.1. The number of carboxylic acid groups (broad SMARTS) is 1. The van der Waals surface area contributed by atoms with Crippen molar-refractivity contribution in [1.82, 2.24) is 4.57 Å². The third-order valence-electron chi connectivity index (χ3n) is 6.47. The number of hydrogen-bond acceptors (Lipinski definition) is 5. The highest BCUT2D eigenvalue weighted by Crippen LogP contribution is 2.48. The van der Waals surface area contributed by atoms with Gasteiger partial charge in [0.25, 0.3) is 0 Å². The van der Waals surface area contributed by atoms with Crippen LogP contribution in [-0.2, 0) is 0 Å². The molecule has 7 nitrogen and oxygen atoms in total. The number of rotatable bonds is 4. The van der Waals surface area contributed by atoms with E-state index in [1.165, 1.54) is 4.90 Å². The number of nitrogen functional groups attached to an aromatic ring is 1. The summed E-state index contributed by atoms with van der Waals surface area (Å²) in [7, 11) is 0. The zero-order valence-electron chi connectivity index (χ0n) is 15.3. The number of aromatic nitrogens is 1. The van der Waals surface area contributed by atoms with Crippen molar-refractivity contribution in [3.05, 3.63) is 33.6 Å². The maximum atomic E-state index is 15.5. The van der Waals surface area contributed by atoms with Crippen molar-refractivity contribution >= 4 is 28.2 Å². The summed E-state index contributed by atoms with van der Waals surface area (Å²) in [6.45, 7) is 0.698. The molecule has 1 saturated heterocycles. The third kappa shape index (κ3) is 2.48. The van der Waals surface area contributed by atoms with E-state index >= 15 is 8.78 Å². The molecule has 1 aromatic carbocycles. The van der Waals surface area contributed by atoms with Crippen LogP contribution >= 0.6 is 0 Å². The standard InChI is InChI=1S/C19H19F3N4O3/c20-9-3-10(9)26-6-8(18(28)29)17(27)11-14(23)12(21)16(13(22)15(11)26)25-4-7(5-25)19(24)1-2-19/h6-7,9-10H,1-5,23-24H2,(H,28,29)/t9-,10+/m0/s1. The van der Waals surface area contributed by atoms with Gasteiger partial charge in [-0.05, 0) is 12.8 Å². The smallest absolute Gasteiger partial charge is 0.341 e. The van der Waals surface area contributed by atoms with Crippen LogP contribution in [0.5, 0.6) is 0 Å². The molecule has 0 bridgehead atoms. The van der Waals surface area contributed by atoms with Crippen LogP contribution in [0.4, 0.5) is 24.5 Å². The molecule has 3 fully saturated rings. The number of nitrogens with two attached hydrogens (primary N) is 2. The van der Waals surface area contributed by atoms with Crippen LogP contribution in [0, 0.1) is 17.6 Å². The summed E-state index contributed by atoms with van der Waals surface area (Å²) in [6.07, 6.45) is 1.39. The second-order valence-electron chi connectivity index (χ2n) is 8.35. The van der Waals surface area contributed by atoms with Crippen LogP contribution in [0.1, 0.15) is 35.7 Å². The minimum absolute atomic E-state index is 0.0462. The van der Waals surface area contributed by atoms with Gasteiger partial charge in [0.15, 0.2) is 11.6 Å². The highest BCUT2D eigenvalue weighted by molar-refractivity contribution is 6.00. The summed E-state index contributed by atoms with van der Waals surface area (Å²) in [5.41, 5.74) is 8.52. The van der Waals surface area contributed by atoms with Crippen LogP contribution in [0.3, 0.4) is 0 Å². The lowest BCUT2D eigenvalue weighted by atomic mass is 9.89. The Kier molecular flexibility index (Phi) is 3.57. The molecular weight excluding hydrogens is 389 g/mol. The van der Waals surface area contributed by atoms with Gasteiger partial charge in [0.1, 0.15) is 17.4 Å². The van der Waals surface area contributed by atoms with Gasteiger partial charge in [-0.3, -0.25) is 4.79 Å². The Morgan fingerprint density at radius 2 is 1.86 bits per heavy atom. The van der Waals surface area contributed by atoms with Crippen molar-refractivity contribution in [3.8, 4) is 0 Å². The maximum absolute atomic E-state index is 15.5. The molecule has 0 unspecified atom stereocenters. The first-order chi connectivity index (χ1) is 13.6. The number of halogens is 3. The lowest BCUT2D eigenvalue weighted by Gasteiger charge is -2.44. The van der Waals surface area contributed by atoms with Gasteiger partial charge in [-0.1, -0.05) is 0 Å². The second-order valence-corrected chi connectivity index (χ2v) is 8.35. The van der Waals surface area contributed by atoms with E-state index in [4.69, 9.17) is 11.5 Å². The Balaban J connectivity index is 1.72. The lowest BCUT2D eigenvalue weighted by Crippen LogP contribution is -2.56. The van der Waals surface area contributed by atoms with Gasteiger partial charge in [0.2, 0.25) is 5.43 Å². The monoisotopic (exact) mass is 408 g/mol. The van der Waals surface area contributed by atoms with Crippen LogP contribution < -0.4 is 21.8 Å². The molecule has 10 heteroatoms. The molecule has 0 radical (unpaired) electrons. The predicted molar refractivity (Wildman–Crippen MR) is 99.9 cm³/mol. The zero-order valence-corrected chi connectivity index (χ0v) is 15.3. The van der Waals surface area contributed by atoms with E-state index in [1.54, 1.807) is 0 Å². The summed E-state index contributed by atoms with van der Waals surface area (Å²) in [4.78, 5) is 25.5. The first kappa shape index (κ1) is 18.3. The quantitative estimate of drug-likeness (QED) is 0.665. The van der Waals surface area contributed by atoms with Crippen molar-refractivity contribution in [3.63, 3.8) is 0 Å². The number of aromatic carboxylic acids is 1. The topological polar surface area (TPSA) is 115 Å². The molecule has 5 rings (SSSR count). The summed E-state index contributed by atoms with van der Waals surface area (Å²) in [6, 6.07) is -0.827. The predicted octanol–water partition coefficient (Wildman–Crippen LogP) is 1.77. The minimum Gasteiger partial charge on any atom is -0.477 e.